The summed E-state index contributed by atoms with van der Waals surface area (Å²) < 4.78 is 44.3. The van der Waals surface area contributed by atoms with E-state index in [0.717, 1.165) is 0 Å². The average molecular weight is 430 g/mol. The summed E-state index contributed by atoms with van der Waals surface area (Å²) in [6.45, 7) is 0.627. The number of hydrogen-bond acceptors (Lipinski definition) is 7. The molecule has 0 radical (unpaired) electrons. The van der Waals surface area contributed by atoms with E-state index in [1.54, 1.807) is 24.3 Å². The van der Waals surface area contributed by atoms with Crippen molar-refractivity contribution in [2.45, 2.75) is 18.0 Å². The molecular formula is C20H18N2O7S. The van der Waals surface area contributed by atoms with Crippen molar-refractivity contribution in [1.29, 1.82) is 0 Å². The lowest BCUT2D eigenvalue weighted by atomic mass is 10.2. The molecule has 1 aliphatic heterocycles. The normalized spacial score (nSPS) is 13.4. The summed E-state index contributed by atoms with van der Waals surface area (Å²) in [5.74, 6) is 1.29. The lowest BCUT2D eigenvalue weighted by molar-refractivity contribution is -0.384. The molecule has 9 nitrogen and oxygen atoms in total. The number of nitrogens with zero attached hydrogens (tertiary/aromatic N) is 2. The van der Waals surface area contributed by atoms with Crippen LogP contribution in [0.5, 0.6) is 11.5 Å². The number of ether oxygens (including phenoxy) is 2. The van der Waals surface area contributed by atoms with Crippen molar-refractivity contribution in [1.82, 2.24) is 4.31 Å². The molecule has 30 heavy (non-hydrogen) atoms. The minimum atomic E-state index is -3.97. The number of fused-ring (bicyclic) bond motifs is 1. The van der Waals surface area contributed by atoms with E-state index < -0.39 is 14.9 Å². The minimum Gasteiger partial charge on any atom is -0.486 e. The van der Waals surface area contributed by atoms with Gasteiger partial charge in [0.2, 0.25) is 10.0 Å². The third-order valence-corrected chi connectivity index (χ3v) is 6.33. The smallest absolute Gasteiger partial charge is 0.269 e. The van der Waals surface area contributed by atoms with Crippen LogP contribution in [-0.4, -0.2) is 30.9 Å². The molecule has 156 valence electrons. The number of nitro benzene ring substituents is 1. The fourth-order valence-corrected chi connectivity index (χ4v) is 4.52. The maximum Gasteiger partial charge on any atom is 0.269 e. The van der Waals surface area contributed by atoms with Gasteiger partial charge in [-0.25, -0.2) is 8.42 Å². The fourth-order valence-electron chi connectivity index (χ4n) is 3.11. The summed E-state index contributed by atoms with van der Waals surface area (Å²) in [6.07, 6.45) is 1.46. The van der Waals surface area contributed by atoms with Gasteiger partial charge in [-0.3, -0.25) is 10.1 Å². The average Bonchev–Trinajstić information content (AvgIpc) is 3.26. The zero-order valence-electron chi connectivity index (χ0n) is 15.8. The second-order valence-corrected chi connectivity index (χ2v) is 8.52. The third-order valence-electron chi connectivity index (χ3n) is 4.54. The van der Waals surface area contributed by atoms with Crippen molar-refractivity contribution in [3.8, 4) is 11.5 Å². The topological polar surface area (TPSA) is 112 Å². The Morgan fingerprint density at radius 3 is 2.50 bits per heavy atom. The Kier molecular flexibility index (Phi) is 5.42. The third kappa shape index (κ3) is 4.14. The molecule has 0 amide bonds. The number of furan rings is 1. The molecule has 0 atom stereocenters. The van der Waals surface area contributed by atoms with Gasteiger partial charge < -0.3 is 13.9 Å². The van der Waals surface area contributed by atoms with Crippen LogP contribution in [0.15, 0.2) is 70.2 Å². The molecular weight excluding hydrogens is 412 g/mol. The second-order valence-electron chi connectivity index (χ2n) is 6.58. The van der Waals surface area contributed by atoms with Crippen LogP contribution in [0.2, 0.25) is 0 Å². The maximum absolute atomic E-state index is 13.4. The number of hydrogen-bond donors (Lipinski definition) is 0. The first-order valence-corrected chi connectivity index (χ1v) is 10.5. The van der Waals surface area contributed by atoms with Gasteiger partial charge in [0.25, 0.3) is 5.69 Å². The van der Waals surface area contributed by atoms with E-state index in [2.05, 4.69) is 0 Å². The summed E-state index contributed by atoms with van der Waals surface area (Å²) in [4.78, 5) is 10.6. The summed E-state index contributed by atoms with van der Waals surface area (Å²) in [6, 6.07) is 13.6. The molecule has 1 aromatic heterocycles. The molecule has 0 N–H and O–H groups in total. The van der Waals surface area contributed by atoms with Crippen molar-refractivity contribution in [2.75, 3.05) is 13.2 Å². The van der Waals surface area contributed by atoms with E-state index in [4.69, 9.17) is 13.9 Å². The number of non-ortho nitro benzene ring substituents is 1. The molecule has 0 saturated carbocycles. The molecule has 2 aromatic carbocycles. The number of nitro groups is 1. The Balaban J connectivity index is 1.69. The minimum absolute atomic E-state index is 0.0312. The molecule has 0 aliphatic carbocycles. The molecule has 0 bridgehead atoms. The van der Waals surface area contributed by atoms with Crippen LogP contribution in [-0.2, 0) is 23.1 Å². The lowest BCUT2D eigenvalue weighted by Gasteiger charge is -2.23. The zero-order chi connectivity index (χ0) is 21.1. The predicted molar refractivity (Wildman–Crippen MR) is 106 cm³/mol. The van der Waals surface area contributed by atoms with Crippen molar-refractivity contribution in [3.05, 3.63) is 82.3 Å². The highest BCUT2D eigenvalue weighted by atomic mass is 32.2. The van der Waals surface area contributed by atoms with Crippen molar-refractivity contribution >= 4 is 15.7 Å². The van der Waals surface area contributed by atoms with Crippen LogP contribution in [0, 0.1) is 10.1 Å². The molecule has 0 saturated heterocycles. The van der Waals surface area contributed by atoms with Gasteiger partial charge in [-0.2, -0.15) is 4.31 Å². The quantitative estimate of drug-likeness (QED) is 0.417. The van der Waals surface area contributed by atoms with Gasteiger partial charge in [-0.1, -0.05) is 12.1 Å². The summed E-state index contributed by atoms with van der Waals surface area (Å²) in [5, 5.41) is 11.1. The highest BCUT2D eigenvalue weighted by Gasteiger charge is 2.28. The molecule has 0 unspecified atom stereocenters. The van der Waals surface area contributed by atoms with Gasteiger partial charge in [-0.05, 0) is 29.8 Å². The predicted octanol–water partition coefficient (Wildman–Crippen LogP) is 3.35. The number of benzene rings is 2. The largest absolute Gasteiger partial charge is 0.486 e. The Labute approximate surface area is 172 Å². The summed E-state index contributed by atoms with van der Waals surface area (Å²) >= 11 is 0. The molecule has 10 heteroatoms. The molecule has 3 aromatic rings. The molecule has 0 spiro atoms. The first-order chi connectivity index (χ1) is 14.4. The molecule has 0 fully saturated rings. The van der Waals surface area contributed by atoms with Crippen LogP contribution < -0.4 is 9.47 Å². The van der Waals surface area contributed by atoms with E-state index in [1.807, 2.05) is 0 Å². The van der Waals surface area contributed by atoms with Crippen molar-refractivity contribution in [3.63, 3.8) is 0 Å². The maximum atomic E-state index is 13.4. The Hall–Kier alpha value is -3.37. The SMILES string of the molecule is O=[N+]([O-])c1cccc(CN(Cc2ccco2)S(=O)(=O)c2ccc3c(c2)OCCO3)c1. The van der Waals surface area contributed by atoms with Gasteiger partial charge in [0, 0.05) is 24.7 Å². The van der Waals surface area contributed by atoms with Crippen LogP contribution >= 0.6 is 0 Å². The van der Waals surface area contributed by atoms with Gasteiger partial charge in [0.15, 0.2) is 11.5 Å². The first kappa shape index (κ1) is 19.9. The Morgan fingerprint density at radius 1 is 0.967 bits per heavy atom. The van der Waals surface area contributed by atoms with Crippen LogP contribution in [0.4, 0.5) is 5.69 Å². The fraction of sp³-hybridized carbons (Fsp3) is 0.200. The summed E-state index contributed by atoms with van der Waals surface area (Å²) in [7, 11) is -3.97. The monoisotopic (exact) mass is 430 g/mol. The highest BCUT2D eigenvalue weighted by molar-refractivity contribution is 7.89. The van der Waals surface area contributed by atoms with Crippen molar-refractivity contribution in [2.24, 2.45) is 0 Å². The van der Waals surface area contributed by atoms with E-state index in [-0.39, 0.29) is 23.7 Å². The summed E-state index contributed by atoms with van der Waals surface area (Å²) in [5.41, 5.74) is 0.374. The highest BCUT2D eigenvalue weighted by Crippen LogP contribution is 2.34. The van der Waals surface area contributed by atoms with E-state index in [9.17, 15) is 18.5 Å². The molecule has 1 aliphatic rings. The first-order valence-electron chi connectivity index (χ1n) is 9.09. The van der Waals surface area contributed by atoms with Gasteiger partial charge in [-0.15, -0.1) is 0 Å². The van der Waals surface area contributed by atoms with E-state index >= 15 is 0 Å². The van der Waals surface area contributed by atoms with Gasteiger partial charge in [0.1, 0.15) is 19.0 Å². The Bertz CT molecular complexity index is 1160. The van der Waals surface area contributed by atoms with Crippen LogP contribution in [0.1, 0.15) is 11.3 Å². The lowest BCUT2D eigenvalue weighted by Crippen LogP contribution is -2.30. The molecule has 4 rings (SSSR count). The van der Waals surface area contributed by atoms with E-state index in [1.165, 1.54) is 40.9 Å². The second kappa shape index (κ2) is 8.17. The van der Waals surface area contributed by atoms with Crippen LogP contribution in [0.25, 0.3) is 0 Å². The Morgan fingerprint density at radius 2 is 1.77 bits per heavy atom. The van der Waals surface area contributed by atoms with Gasteiger partial charge >= 0.3 is 0 Å². The van der Waals surface area contributed by atoms with Crippen molar-refractivity contribution < 1.29 is 27.2 Å². The van der Waals surface area contributed by atoms with E-state index in [0.29, 0.717) is 36.0 Å². The standard InChI is InChI=1S/C20H18N2O7S/c23-22(24)16-4-1-3-15(11-16)13-21(14-17-5-2-8-27-17)30(25,26)18-6-7-19-20(12-18)29-10-9-28-19/h1-8,11-12H,9-10,13-14H2. The zero-order valence-corrected chi connectivity index (χ0v) is 16.6. The molecule has 2 heterocycles. The number of rotatable bonds is 7. The van der Waals surface area contributed by atoms with Crippen LogP contribution in [0.3, 0.4) is 0 Å². The number of sulfonamides is 1. The van der Waals surface area contributed by atoms with Gasteiger partial charge in [0.05, 0.1) is 22.6 Å².